The number of carbonyl (C=O) groups is 1. The summed E-state index contributed by atoms with van der Waals surface area (Å²) in [7, 11) is 0. The molecule has 2 N–H and O–H groups in total. The van der Waals surface area contributed by atoms with Gasteiger partial charge in [-0.1, -0.05) is 35.9 Å². The number of H-pyrrole nitrogens is 1. The van der Waals surface area contributed by atoms with Crippen LogP contribution in [0, 0.1) is 6.92 Å². The third kappa shape index (κ3) is 3.26. The number of aromatic nitrogens is 2. The summed E-state index contributed by atoms with van der Waals surface area (Å²) in [5.74, 6) is -0.0964. The molecule has 1 aromatic carbocycles. The van der Waals surface area contributed by atoms with Gasteiger partial charge in [0.1, 0.15) is 0 Å². The largest absolute Gasteiger partial charge is 0.352 e. The molecule has 0 radical (unpaired) electrons. The summed E-state index contributed by atoms with van der Waals surface area (Å²) in [6.07, 6.45) is 2.43. The maximum absolute atomic E-state index is 12.3. The van der Waals surface area contributed by atoms with Gasteiger partial charge in [0.25, 0.3) is 5.91 Å². The predicted octanol–water partition coefficient (Wildman–Crippen LogP) is 3.42. The molecule has 2 aromatic heterocycles. The van der Waals surface area contributed by atoms with Crippen LogP contribution in [0.1, 0.15) is 20.8 Å². The summed E-state index contributed by atoms with van der Waals surface area (Å²) >= 11 is 1.70. The zero-order valence-corrected chi connectivity index (χ0v) is 13.1. The molecule has 0 atom stereocenters. The van der Waals surface area contributed by atoms with Crippen LogP contribution in [0.2, 0.25) is 0 Å². The Bertz CT molecular complexity index is 745. The highest BCUT2D eigenvalue weighted by Gasteiger charge is 2.14. The smallest absolute Gasteiger partial charge is 0.255 e. The molecule has 0 saturated heterocycles. The van der Waals surface area contributed by atoms with Crippen LogP contribution in [0.4, 0.5) is 0 Å². The molecule has 0 saturated carbocycles. The summed E-state index contributed by atoms with van der Waals surface area (Å²) in [5.41, 5.74) is 3.49. The second-order valence-electron chi connectivity index (χ2n) is 5.11. The summed E-state index contributed by atoms with van der Waals surface area (Å²) in [5, 5.41) is 11.9. The van der Waals surface area contributed by atoms with E-state index in [4.69, 9.17) is 0 Å². The van der Waals surface area contributed by atoms with Crippen molar-refractivity contribution in [1.29, 1.82) is 0 Å². The molecule has 3 rings (SSSR count). The number of aromatic amines is 1. The Morgan fingerprint density at radius 2 is 2.09 bits per heavy atom. The third-order valence-corrected chi connectivity index (χ3v) is 4.40. The normalized spacial score (nSPS) is 10.6. The number of carbonyl (C=O) groups excluding carboxylic acids is 1. The highest BCUT2D eigenvalue weighted by atomic mass is 32.1. The lowest BCUT2D eigenvalue weighted by Gasteiger charge is -2.05. The lowest BCUT2D eigenvalue weighted by atomic mass is 10.1. The summed E-state index contributed by atoms with van der Waals surface area (Å²) in [6.45, 7) is 2.66. The number of hydrogen-bond donors (Lipinski definition) is 2. The van der Waals surface area contributed by atoms with E-state index in [-0.39, 0.29) is 5.91 Å². The maximum Gasteiger partial charge on any atom is 0.255 e. The lowest BCUT2D eigenvalue weighted by molar-refractivity contribution is 0.0955. The van der Waals surface area contributed by atoms with Crippen molar-refractivity contribution < 1.29 is 4.79 Å². The van der Waals surface area contributed by atoms with Crippen molar-refractivity contribution in [3.05, 3.63) is 64.0 Å². The third-order valence-electron chi connectivity index (χ3n) is 3.46. The monoisotopic (exact) mass is 311 g/mol. The standard InChI is InChI=1S/C17H17N3OS/c1-12-4-6-13(7-5-12)16-15(11-19-20-16)17(21)18-9-8-14-3-2-10-22-14/h2-7,10-11H,8-9H2,1H3,(H,18,21)(H,19,20). The van der Waals surface area contributed by atoms with Crippen molar-refractivity contribution in [2.24, 2.45) is 0 Å². The number of nitrogens with zero attached hydrogens (tertiary/aromatic N) is 1. The average molecular weight is 311 g/mol. The fourth-order valence-corrected chi connectivity index (χ4v) is 2.96. The van der Waals surface area contributed by atoms with Crippen molar-refractivity contribution in [2.45, 2.75) is 13.3 Å². The molecule has 0 aliphatic heterocycles. The minimum atomic E-state index is -0.0964. The second kappa shape index (κ2) is 6.58. The van der Waals surface area contributed by atoms with Crippen LogP contribution in [0.25, 0.3) is 11.3 Å². The minimum Gasteiger partial charge on any atom is -0.352 e. The van der Waals surface area contributed by atoms with E-state index in [1.807, 2.05) is 42.6 Å². The first-order chi connectivity index (χ1) is 10.7. The summed E-state index contributed by atoms with van der Waals surface area (Å²) in [4.78, 5) is 13.6. The van der Waals surface area contributed by atoms with Crippen LogP contribution >= 0.6 is 11.3 Å². The van der Waals surface area contributed by atoms with Gasteiger partial charge < -0.3 is 5.32 Å². The molecule has 0 bridgehead atoms. The molecule has 2 heterocycles. The van der Waals surface area contributed by atoms with Gasteiger partial charge in [0.2, 0.25) is 0 Å². The first-order valence-corrected chi connectivity index (χ1v) is 8.03. The number of thiophene rings is 1. The van der Waals surface area contributed by atoms with Gasteiger partial charge in [-0.05, 0) is 24.8 Å². The van der Waals surface area contributed by atoms with Crippen LogP contribution in [-0.4, -0.2) is 22.6 Å². The van der Waals surface area contributed by atoms with Gasteiger partial charge in [-0.25, -0.2) is 0 Å². The number of nitrogens with one attached hydrogen (secondary N) is 2. The van der Waals surface area contributed by atoms with Gasteiger partial charge in [-0.2, -0.15) is 5.10 Å². The molecular weight excluding hydrogens is 294 g/mol. The summed E-state index contributed by atoms with van der Waals surface area (Å²) < 4.78 is 0. The van der Waals surface area contributed by atoms with E-state index in [0.29, 0.717) is 12.1 Å². The van der Waals surface area contributed by atoms with E-state index in [2.05, 4.69) is 21.6 Å². The van der Waals surface area contributed by atoms with Crippen molar-refractivity contribution in [1.82, 2.24) is 15.5 Å². The molecule has 3 aromatic rings. The van der Waals surface area contributed by atoms with Crippen molar-refractivity contribution in [3.63, 3.8) is 0 Å². The minimum absolute atomic E-state index is 0.0964. The topological polar surface area (TPSA) is 57.8 Å². The van der Waals surface area contributed by atoms with Gasteiger partial charge in [0, 0.05) is 17.0 Å². The molecule has 0 aliphatic carbocycles. The van der Waals surface area contributed by atoms with Gasteiger partial charge in [0.15, 0.2) is 0 Å². The molecule has 1 amide bonds. The predicted molar refractivity (Wildman–Crippen MR) is 89.1 cm³/mol. The zero-order valence-electron chi connectivity index (χ0n) is 12.3. The molecular formula is C17H17N3OS. The Hall–Kier alpha value is -2.40. The molecule has 0 fully saturated rings. The van der Waals surface area contributed by atoms with Gasteiger partial charge >= 0.3 is 0 Å². The van der Waals surface area contributed by atoms with E-state index < -0.39 is 0 Å². The summed E-state index contributed by atoms with van der Waals surface area (Å²) in [6, 6.07) is 12.1. The Morgan fingerprint density at radius 3 is 2.82 bits per heavy atom. The first-order valence-electron chi connectivity index (χ1n) is 7.15. The quantitative estimate of drug-likeness (QED) is 0.758. The van der Waals surface area contributed by atoms with Gasteiger partial charge in [-0.15, -0.1) is 11.3 Å². The van der Waals surface area contributed by atoms with Crippen LogP contribution in [0.5, 0.6) is 0 Å². The zero-order chi connectivity index (χ0) is 15.4. The number of amides is 1. The number of benzene rings is 1. The molecule has 5 heteroatoms. The van der Waals surface area contributed by atoms with E-state index in [1.54, 1.807) is 17.5 Å². The SMILES string of the molecule is Cc1ccc(-c2[nH]ncc2C(=O)NCCc2cccs2)cc1. The van der Waals surface area contributed by atoms with E-state index in [9.17, 15) is 4.79 Å². The molecule has 22 heavy (non-hydrogen) atoms. The van der Waals surface area contributed by atoms with E-state index >= 15 is 0 Å². The number of rotatable bonds is 5. The first kappa shape index (κ1) is 14.5. The second-order valence-corrected chi connectivity index (χ2v) is 6.14. The lowest BCUT2D eigenvalue weighted by Crippen LogP contribution is -2.25. The average Bonchev–Trinajstić information content (AvgIpc) is 3.19. The number of hydrogen-bond acceptors (Lipinski definition) is 3. The maximum atomic E-state index is 12.3. The highest BCUT2D eigenvalue weighted by molar-refractivity contribution is 7.09. The van der Waals surface area contributed by atoms with Crippen LogP contribution in [0.15, 0.2) is 48.0 Å². The van der Waals surface area contributed by atoms with Crippen LogP contribution in [-0.2, 0) is 6.42 Å². The molecule has 0 aliphatic rings. The van der Waals surface area contributed by atoms with Crippen LogP contribution in [0.3, 0.4) is 0 Å². The molecule has 112 valence electrons. The van der Waals surface area contributed by atoms with Crippen molar-refractivity contribution in [3.8, 4) is 11.3 Å². The highest BCUT2D eigenvalue weighted by Crippen LogP contribution is 2.21. The Labute approximate surface area is 133 Å². The molecule has 4 nitrogen and oxygen atoms in total. The van der Waals surface area contributed by atoms with Gasteiger partial charge in [-0.3, -0.25) is 9.89 Å². The van der Waals surface area contributed by atoms with Crippen molar-refractivity contribution >= 4 is 17.2 Å². The molecule has 0 spiro atoms. The van der Waals surface area contributed by atoms with E-state index in [0.717, 1.165) is 17.7 Å². The Kier molecular flexibility index (Phi) is 4.34. The fourth-order valence-electron chi connectivity index (χ4n) is 2.25. The number of aryl methyl sites for hydroxylation is 1. The fraction of sp³-hybridized carbons (Fsp3) is 0.176. The Morgan fingerprint density at radius 1 is 1.27 bits per heavy atom. The van der Waals surface area contributed by atoms with Gasteiger partial charge in [0.05, 0.1) is 17.5 Å². The van der Waals surface area contributed by atoms with Crippen molar-refractivity contribution in [2.75, 3.05) is 6.54 Å². The molecule has 0 unspecified atom stereocenters. The Balaban J connectivity index is 1.68. The van der Waals surface area contributed by atoms with E-state index in [1.165, 1.54) is 10.4 Å². The van der Waals surface area contributed by atoms with Crippen LogP contribution < -0.4 is 5.32 Å².